The van der Waals surface area contributed by atoms with Gasteiger partial charge in [0, 0.05) is 16.9 Å². The van der Waals surface area contributed by atoms with E-state index in [9.17, 15) is 8.94 Å². The van der Waals surface area contributed by atoms with E-state index >= 15 is 0 Å². The molecule has 1 saturated carbocycles. The third kappa shape index (κ3) is 4.16. The summed E-state index contributed by atoms with van der Waals surface area (Å²) in [7, 11) is 0. The molecule has 0 radical (unpaired) electrons. The number of halogens is 3. The van der Waals surface area contributed by atoms with Crippen LogP contribution in [0.2, 0.25) is 10.0 Å². The van der Waals surface area contributed by atoms with Crippen LogP contribution in [0.3, 0.4) is 0 Å². The zero-order valence-corrected chi connectivity index (χ0v) is 16.3. The van der Waals surface area contributed by atoms with Crippen molar-refractivity contribution in [2.24, 2.45) is 5.41 Å². The molecule has 1 aromatic rings. The molecule has 2 atom stereocenters. The topological polar surface area (TPSA) is 35.1 Å². The fourth-order valence-corrected chi connectivity index (χ4v) is 4.51. The van der Waals surface area contributed by atoms with Gasteiger partial charge in [-0.3, -0.25) is 0 Å². The number of hydrogen-bond donors (Lipinski definition) is 1. The molecular weight excluding hydrogens is 356 g/mol. The highest BCUT2D eigenvalue weighted by Crippen LogP contribution is 2.50. The first-order chi connectivity index (χ1) is 10.6. The molecule has 1 aliphatic carbocycles. The van der Waals surface area contributed by atoms with E-state index in [1.165, 1.54) is 12.1 Å². The minimum absolute atomic E-state index is 0.198. The highest BCUT2D eigenvalue weighted by Gasteiger charge is 2.44. The van der Waals surface area contributed by atoms with E-state index in [4.69, 9.17) is 23.2 Å². The van der Waals surface area contributed by atoms with E-state index in [-0.39, 0.29) is 10.4 Å². The van der Waals surface area contributed by atoms with Gasteiger partial charge in [-0.05, 0) is 51.2 Å². The van der Waals surface area contributed by atoms with Gasteiger partial charge in [0.2, 0.25) is 0 Å². The van der Waals surface area contributed by atoms with E-state index in [0.717, 1.165) is 25.7 Å². The van der Waals surface area contributed by atoms with Crippen molar-refractivity contribution in [3.05, 3.63) is 33.6 Å². The summed E-state index contributed by atoms with van der Waals surface area (Å²) in [5, 5.41) is 0.529. The molecule has 0 saturated heterocycles. The maximum Gasteiger partial charge on any atom is 0.136 e. The lowest BCUT2D eigenvalue weighted by molar-refractivity contribution is 0.242. The summed E-state index contributed by atoms with van der Waals surface area (Å²) in [5.74, 6) is -0.407. The number of hydrogen-bond acceptors (Lipinski definition) is 2. The maximum absolute atomic E-state index is 14.6. The molecule has 1 aromatic carbocycles. The first kappa shape index (κ1) is 19.3. The van der Waals surface area contributed by atoms with Gasteiger partial charge in [-0.1, -0.05) is 43.0 Å². The molecule has 2 nitrogen and oxygen atoms in total. The van der Waals surface area contributed by atoms with Gasteiger partial charge < -0.3 is 4.55 Å². The molecular formula is C17H24Cl2FNOS. The Morgan fingerprint density at radius 1 is 1.26 bits per heavy atom. The van der Waals surface area contributed by atoms with E-state index in [1.807, 2.05) is 20.8 Å². The van der Waals surface area contributed by atoms with Crippen LogP contribution in [0.5, 0.6) is 0 Å². The number of benzene rings is 1. The van der Waals surface area contributed by atoms with Crippen molar-refractivity contribution in [3.63, 3.8) is 0 Å². The van der Waals surface area contributed by atoms with Crippen LogP contribution in [0, 0.1) is 11.2 Å². The molecule has 1 unspecified atom stereocenters. The Hall–Kier alpha value is -0.0000000000000000555. The predicted octanol–water partition coefficient (Wildman–Crippen LogP) is 5.81. The standard InChI is InChI=1S/C17H24Cl2FNOS/c1-16(2,3)23(22)21-15(17(4)9-5-6-10-17)13-12(20)8-7-11(18)14(13)19/h7-8,15,21H,5-6,9-10H2,1-4H3/t15-,23?/m1/s1. The Bertz CT molecular complexity index is 570. The van der Waals surface area contributed by atoms with Crippen LogP contribution in [0.15, 0.2) is 12.1 Å². The SMILES string of the molecule is CC1([C@H](N[S+]([O-])C(C)(C)C)c2c(F)ccc(Cl)c2Cl)CCCC1. The highest BCUT2D eigenvalue weighted by molar-refractivity contribution is 7.90. The molecule has 0 bridgehead atoms. The van der Waals surface area contributed by atoms with Crippen LogP contribution in [0.4, 0.5) is 4.39 Å². The highest BCUT2D eigenvalue weighted by atomic mass is 35.5. The molecule has 0 amide bonds. The van der Waals surface area contributed by atoms with Crippen LogP contribution in [-0.2, 0) is 11.4 Å². The molecule has 23 heavy (non-hydrogen) atoms. The average molecular weight is 380 g/mol. The zero-order valence-electron chi connectivity index (χ0n) is 14.0. The smallest absolute Gasteiger partial charge is 0.136 e. The van der Waals surface area contributed by atoms with Gasteiger partial charge in [-0.25, -0.2) is 4.39 Å². The fraction of sp³-hybridized carbons (Fsp3) is 0.647. The molecule has 0 heterocycles. The lowest BCUT2D eigenvalue weighted by Gasteiger charge is -2.37. The summed E-state index contributed by atoms with van der Waals surface area (Å²) in [4.78, 5) is 0. The number of rotatable bonds is 4. The Labute approximate surface area is 151 Å². The zero-order chi connectivity index (χ0) is 17.4. The van der Waals surface area contributed by atoms with Gasteiger partial charge in [0.05, 0.1) is 16.1 Å². The minimum atomic E-state index is -1.33. The minimum Gasteiger partial charge on any atom is -0.598 e. The van der Waals surface area contributed by atoms with E-state index in [2.05, 4.69) is 11.6 Å². The van der Waals surface area contributed by atoms with Crippen LogP contribution >= 0.6 is 23.2 Å². The van der Waals surface area contributed by atoms with E-state index < -0.39 is 28.0 Å². The maximum atomic E-state index is 14.6. The van der Waals surface area contributed by atoms with Gasteiger partial charge >= 0.3 is 0 Å². The van der Waals surface area contributed by atoms with Gasteiger partial charge in [-0.2, -0.15) is 0 Å². The fourth-order valence-electron chi connectivity index (χ4n) is 3.11. The summed E-state index contributed by atoms with van der Waals surface area (Å²) in [6.07, 6.45) is 4.04. The average Bonchev–Trinajstić information content (AvgIpc) is 2.89. The normalized spacial score (nSPS) is 20.5. The van der Waals surface area contributed by atoms with Crippen molar-refractivity contribution in [1.82, 2.24) is 4.72 Å². The van der Waals surface area contributed by atoms with Crippen LogP contribution in [0.25, 0.3) is 0 Å². The Kier molecular flexibility index (Phi) is 5.95. The summed E-state index contributed by atoms with van der Waals surface area (Å²) in [6.45, 7) is 7.77. The van der Waals surface area contributed by atoms with Crippen molar-refractivity contribution in [2.75, 3.05) is 0 Å². The lowest BCUT2D eigenvalue weighted by atomic mass is 9.77. The second kappa shape index (κ2) is 7.09. The van der Waals surface area contributed by atoms with Crippen LogP contribution < -0.4 is 4.72 Å². The summed E-state index contributed by atoms with van der Waals surface area (Å²) in [5.41, 5.74) is 0.136. The monoisotopic (exact) mass is 379 g/mol. The van der Waals surface area contributed by atoms with Crippen molar-refractivity contribution in [1.29, 1.82) is 0 Å². The van der Waals surface area contributed by atoms with Gasteiger partial charge in [0.1, 0.15) is 10.6 Å². The van der Waals surface area contributed by atoms with Crippen molar-refractivity contribution < 1.29 is 8.94 Å². The molecule has 1 N–H and O–H groups in total. The number of nitrogens with one attached hydrogen (secondary N) is 1. The van der Waals surface area contributed by atoms with Crippen molar-refractivity contribution in [3.8, 4) is 0 Å². The van der Waals surface area contributed by atoms with E-state index in [1.54, 1.807) is 0 Å². The van der Waals surface area contributed by atoms with Crippen molar-refractivity contribution in [2.45, 2.75) is 64.2 Å². The van der Waals surface area contributed by atoms with Crippen LogP contribution in [0.1, 0.15) is 65.0 Å². The molecule has 0 spiro atoms. The van der Waals surface area contributed by atoms with Gasteiger partial charge in [0.25, 0.3) is 0 Å². The van der Waals surface area contributed by atoms with Gasteiger partial charge in [-0.15, -0.1) is 4.72 Å². The molecule has 0 aliphatic heterocycles. The molecule has 1 fully saturated rings. The van der Waals surface area contributed by atoms with E-state index in [0.29, 0.717) is 10.6 Å². The largest absolute Gasteiger partial charge is 0.598 e. The molecule has 1 aliphatic rings. The Morgan fingerprint density at radius 2 is 1.83 bits per heavy atom. The van der Waals surface area contributed by atoms with Crippen molar-refractivity contribution >= 4 is 34.6 Å². The molecule has 130 valence electrons. The summed E-state index contributed by atoms with van der Waals surface area (Å²) < 4.78 is 29.9. The third-order valence-corrected chi connectivity index (χ3v) is 6.97. The lowest BCUT2D eigenvalue weighted by Crippen LogP contribution is -2.46. The molecule has 0 aromatic heterocycles. The quantitative estimate of drug-likeness (QED) is 0.529. The Morgan fingerprint density at radius 3 is 2.35 bits per heavy atom. The second-order valence-electron chi connectivity index (χ2n) is 7.55. The first-order valence-corrected chi connectivity index (χ1v) is 9.78. The van der Waals surface area contributed by atoms with Crippen LogP contribution in [-0.4, -0.2) is 9.30 Å². The third-order valence-electron chi connectivity index (χ3n) is 4.59. The predicted molar refractivity (Wildman–Crippen MR) is 96.8 cm³/mol. The second-order valence-corrected chi connectivity index (χ2v) is 10.3. The Balaban J connectivity index is 2.48. The molecule has 2 rings (SSSR count). The molecule has 6 heteroatoms. The summed E-state index contributed by atoms with van der Waals surface area (Å²) >= 11 is 11.1. The summed E-state index contributed by atoms with van der Waals surface area (Å²) in [6, 6.07) is 2.35. The first-order valence-electron chi connectivity index (χ1n) is 7.88. The van der Waals surface area contributed by atoms with Gasteiger partial charge in [0.15, 0.2) is 0 Å².